The monoisotopic (exact) mass is 268 g/mol. The normalized spacial score (nSPS) is 10.2. The van der Waals surface area contributed by atoms with Crippen LogP contribution in [0, 0.1) is 0 Å². The summed E-state index contributed by atoms with van der Waals surface area (Å²) in [5.41, 5.74) is 0.202. The molecular formula is C11H8N8O. The molecule has 0 aliphatic carbocycles. The number of rotatable bonds is 3. The van der Waals surface area contributed by atoms with Gasteiger partial charge in [0, 0.05) is 18.5 Å². The van der Waals surface area contributed by atoms with Crippen molar-refractivity contribution in [2.24, 2.45) is 0 Å². The van der Waals surface area contributed by atoms with Crippen molar-refractivity contribution in [3.8, 4) is 5.82 Å². The van der Waals surface area contributed by atoms with E-state index in [1.54, 1.807) is 6.07 Å². The lowest BCUT2D eigenvalue weighted by Gasteiger charge is -2.04. The fourth-order valence-electron chi connectivity index (χ4n) is 1.46. The highest BCUT2D eigenvalue weighted by Crippen LogP contribution is 2.08. The van der Waals surface area contributed by atoms with Gasteiger partial charge >= 0.3 is 0 Å². The van der Waals surface area contributed by atoms with Crippen LogP contribution in [0.25, 0.3) is 5.82 Å². The quantitative estimate of drug-likeness (QED) is 0.716. The van der Waals surface area contributed by atoms with E-state index >= 15 is 0 Å². The highest BCUT2D eigenvalue weighted by molar-refractivity contribution is 6.02. The smallest absolute Gasteiger partial charge is 0.277 e. The summed E-state index contributed by atoms with van der Waals surface area (Å²) in [6, 6.07) is 1.57. The van der Waals surface area contributed by atoms with Crippen LogP contribution in [-0.2, 0) is 0 Å². The Morgan fingerprint density at radius 1 is 1.10 bits per heavy atom. The van der Waals surface area contributed by atoms with Crippen molar-refractivity contribution in [3.63, 3.8) is 0 Å². The predicted octanol–water partition coefficient (Wildman–Crippen LogP) is 0.0996. The number of nitrogens with zero attached hydrogens (tertiary/aromatic N) is 7. The summed E-state index contributed by atoms with van der Waals surface area (Å²) in [4.78, 5) is 31.4. The molecular weight excluding hydrogens is 260 g/mol. The van der Waals surface area contributed by atoms with E-state index in [9.17, 15) is 4.79 Å². The molecule has 0 fully saturated rings. The molecule has 0 radical (unpaired) electrons. The number of hydrogen-bond donors (Lipinski definition) is 1. The van der Waals surface area contributed by atoms with E-state index in [-0.39, 0.29) is 5.69 Å². The zero-order valence-corrected chi connectivity index (χ0v) is 10.1. The number of anilines is 1. The Morgan fingerprint density at radius 2 is 2.05 bits per heavy atom. The Balaban J connectivity index is 1.82. The fourth-order valence-corrected chi connectivity index (χ4v) is 1.46. The molecule has 98 valence electrons. The van der Waals surface area contributed by atoms with Gasteiger partial charge in [-0.05, 0) is 0 Å². The minimum absolute atomic E-state index is 0.202. The van der Waals surface area contributed by atoms with Crippen LogP contribution in [-0.4, -0.2) is 40.6 Å². The third-order valence-electron chi connectivity index (χ3n) is 2.34. The van der Waals surface area contributed by atoms with E-state index in [0.717, 1.165) is 0 Å². The molecule has 20 heavy (non-hydrogen) atoms. The van der Waals surface area contributed by atoms with Crippen molar-refractivity contribution in [1.29, 1.82) is 0 Å². The van der Waals surface area contributed by atoms with Crippen LogP contribution in [0.3, 0.4) is 0 Å². The first kappa shape index (κ1) is 11.8. The lowest BCUT2D eigenvalue weighted by Crippen LogP contribution is -2.15. The summed E-state index contributed by atoms with van der Waals surface area (Å²) in [5.74, 6) is 0.425. The Hall–Kier alpha value is -3.23. The molecule has 0 atom stereocenters. The van der Waals surface area contributed by atoms with Gasteiger partial charge in [-0.1, -0.05) is 0 Å². The molecule has 0 saturated heterocycles. The third kappa shape index (κ3) is 2.46. The van der Waals surface area contributed by atoms with Gasteiger partial charge in [0.15, 0.2) is 5.82 Å². The first-order valence-electron chi connectivity index (χ1n) is 5.57. The second kappa shape index (κ2) is 5.18. The van der Waals surface area contributed by atoms with E-state index in [4.69, 9.17) is 0 Å². The average Bonchev–Trinajstić information content (AvgIpc) is 3.03. The van der Waals surface area contributed by atoms with Gasteiger partial charge in [0.05, 0.1) is 6.20 Å². The van der Waals surface area contributed by atoms with Crippen molar-refractivity contribution < 1.29 is 4.79 Å². The van der Waals surface area contributed by atoms with E-state index in [2.05, 4.69) is 35.3 Å². The number of nitrogens with one attached hydrogen (secondary N) is 1. The highest BCUT2D eigenvalue weighted by Gasteiger charge is 2.09. The maximum absolute atomic E-state index is 11.9. The zero-order valence-electron chi connectivity index (χ0n) is 10.1. The number of hydrogen-bond acceptors (Lipinski definition) is 7. The second-order valence-electron chi connectivity index (χ2n) is 3.65. The van der Waals surface area contributed by atoms with E-state index in [1.807, 2.05) is 0 Å². The van der Waals surface area contributed by atoms with Crippen LogP contribution in [0.1, 0.15) is 10.5 Å². The second-order valence-corrected chi connectivity index (χ2v) is 3.65. The van der Waals surface area contributed by atoms with Crippen LogP contribution in [0.2, 0.25) is 0 Å². The largest absolute Gasteiger partial charge is 0.305 e. The van der Waals surface area contributed by atoms with Gasteiger partial charge in [-0.25, -0.2) is 24.6 Å². The number of carbonyl (C=O) groups excluding carboxylic acids is 1. The van der Waals surface area contributed by atoms with Crippen LogP contribution in [0.5, 0.6) is 0 Å². The van der Waals surface area contributed by atoms with Crippen molar-refractivity contribution >= 4 is 11.7 Å². The number of carbonyl (C=O) groups is 1. The van der Waals surface area contributed by atoms with Gasteiger partial charge < -0.3 is 5.32 Å². The minimum atomic E-state index is -0.402. The van der Waals surface area contributed by atoms with Crippen molar-refractivity contribution in [2.75, 3.05) is 5.32 Å². The summed E-state index contributed by atoms with van der Waals surface area (Å²) in [5, 5.41) is 6.55. The van der Waals surface area contributed by atoms with E-state index in [0.29, 0.717) is 11.6 Å². The molecule has 1 N–H and O–H groups in total. The molecule has 0 unspecified atom stereocenters. The lowest BCUT2D eigenvalue weighted by atomic mass is 10.4. The summed E-state index contributed by atoms with van der Waals surface area (Å²) in [6.45, 7) is 0. The van der Waals surface area contributed by atoms with Crippen molar-refractivity contribution in [1.82, 2.24) is 34.7 Å². The summed E-state index contributed by atoms with van der Waals surface area (Å²) in [7, 11) is 0. The standard InChI is InChI=1S/C11H8N8O/c20-11(8-4-12-1-2-14-8)18-9-3-10(16-6-15-9)19-7-13-5-17-19/h1-7H,(H,15,16,18,20). The molecule has 0 saturated carbocycles. The Labute approximate surface area is 112 Å². The molecule has 0 aromatic carbocycles. The summed E-state index contributed by atoms with van der Waals surface area (Å²) < 4.78 is 1.46. The molecule has 3 aromatic heterocycles. The number of amides is 1. The third-order valence-corrected chi connectivity index (χ3v) is 2.34. The Kier molecular flexibility index (Phi) is 3.07. The van der Waals surface area contributed by atoms with Crippen molar-refractivity contribution in [2.45, 2.75) is 0 Å². The van der Waals surface area contributed by atoms with Crippen LogP contribution < -0.4 is 5.32 Å². The maximum Gasteiger partial charge on any atom is 0.277 e. The lowest BCUT2D eigenvalue weighted by molar-refractivity contribution is 0.102. The van der Waals surface area contributed by atoms with Crippen LogP contribution in [0.15, 0.2) is 43.6 Å². The van der Waals surface area contributed by atoms with Gasteiger partial charge in [-0.15, -0.1) is 0 Å². The molecule has 1 amide bonds. The Morgan fingerprint density at radius 3 is 2.80 bits per heavy atom. The van der Waals surface area contributed by atoms with Gasteiger partial charge in [0.2, 0.25) is 0 Å². The molecule has 3 aromatic rings. The van der Waals surface area contributed by atoms with Gasteiger partial charge in [0.25, 0.3) is 5.91 Å². The summed E-state index contributed by atoms with van der Waals surface area (Å²) >= 11 is 0. The SMILES string of the molecule is O=C(Nc1cc(-n2cncn2)ncn1)c1cnccn1. The topological polar surface area (TPSA) is 111 Å². The predicted molar refractivity (Wildman–Crippen MR) is 66.9 cm³/mol. The molecule has 0 bridgehead atoms. The fraction of sp³-hybridized carbons (Fsp3) is 0. The number of aromatic nitrogens is 7. The van der Waals surface area contributed by atoms with Crippen LogP contribution in [0.4, 0.5) is 5.82 Å². The minimum Gasteiger partial charge on any atom is -0.305 e. The highest BCUT2D eigenvalue weighted by atomic mass is 16.1. The van der Waals surface area contributed by atoms with Gasteiger partial charge in [-0.2, -0.15) is 5.10 Å². The molecule has 0 aliphatic heterocycles. The van der Waals surface area contributed by atoms with Crippen LogP contribution >= 0.6 is 0 Å². The maximum atomic E-state index is 11.9. The van der Waals surface area contributed by atoms with Gasteiger partial charge in [0.1, 0.15) is 30.5 Å². The zero-order chi connectivity index (χ0) is 13.8. The van der Waals surface area contributed by atoms with E-state index < -0.39 is 5.91 Å². The van der Waals surface area contributed by atoms with Gasteiger partial charge in [-0.3, -0.25) is 9.78 Å². The summed E-state index contributed by atoms with van der Waals surface area (Å²) in [6.07, 6.45) is 8.51. The first-order chi connectivity index (χ1) is 9.83. The molecule has 0 aliphatic rings. The average molecular weight is 268 g/mol. The van der Waals surface area contributed by atoms with E-state index in [1.165, 1.54) is 42.3 Å². The molecule has 9 heteroatoms. The molecule has 0 spiro atoms. The molecule has 3 heterocycles. The Bertz CT molecular complexity index is 712. The molecule has 9 nitrogen and oxygen atoms in total. The van der Waals surface area contributed by atoms with Crippen molar-refractivity contribution in [3.05, 3.63) is 49.3 Å². The molecule has 3 rings (SSSR count). The first-order valence-corrected chi connectivity index (χ1v) is 5.57.